The molecule has 1 aliphatic rings. The molecule has 1 aromatic heterocycles. The molecular weight excluding hydrogens is 348 g/mol. The highest BCUT2D eigenvalue weighted by molar-refractivity contribution is 6.30. The van der Waals surface area contributed by atoms with Gasteiger partial charge in [-0.3, -0.25) is 14.6 Å². The normalized spacial score (nSPS) is 17.5. The van der Waals surface area contributed by atoms with Gasteiger partial charge in [0.2, 0.25) is 5.91 Å². The minimum Gasteiger partial charge on any atom is -0.338 e. The molecule has 0 aliphatic carbocycles. The third kappa shape index (κ3) is 4.38. The highest BCUT2D eigenvalue weighted by atomic mass is 35.5. The maximum Gasteiger partial charge on any atom is 0.246 e. The van der Waals surface area contributed by atoms with Crippen LogP contribution < -0.4 is 0 Å². The number of aromatic nitrogens is 1. The number of hydrogen-bond donors (Lipinski definition) is 0. The lowest BCUT2D eigenvalue weighted by molar-refractivity contribution is -0.127. The average Bonchev–Trinajstić information content (AvgIpc) is 2.66. The lowest BCUT2D eigenvalue weighted by Gasteiger charge is -2.31. The topological polar surface area (TPSA) is 50.3 Å². The molecule has 2 aromatic rings. The van der Waals surface area contributed by atoms with E-state index in [4.69, 9.17) is 11.6 Å². The summed E-state index contributed by atoms with van der Waals surface area (Å²) in [5, 5.41) is 0.625. The molecule has 0 N–H and O–H groups in total. The molecule has 26 heavy (non-hydrogen) atoms. The zero-order chi connectivity index (χ0) is 18.5. The van der Waals surface area contributed by atoms with Crippen molar-refractivity contribution >= 4 is 29.4 Å². The Balaban J connectivity index is 1.67. The van der Waals surface area contributed by atoms with E-state index in [0.29, 0.717) is 23.7 Å². The molecule has 0 bridgehead atoms. The van der Waals surface area contributed by atoms with Crippen LogP contribution in [0.15, 0.2) is 48.8 Å². The summed E-state index contributed by atoms with van der Waals surface area (Å²) in [6, 6.07) is 9.04. The van der Waals surface area contributed by atoms with E-state index in [0.717, 1.165) is 24.0 Å². The fourth-order valence-electron chi connectivity index (χ4n) is 3.26. The molecule has 1 fully saturated rings. The van der Waals surface area contributed by atoms with Crippen LogP contribution in [-0.4, -0.2) is 34.7 Å². The summed E-state index contributed by atoms with van der Waals surface area (Å²) in [5.74, 6) is -0.147. The van der Waals surface area contributed by atoms with Gasteiger partial charge in [0.15, 0.2) is 5.78 Å². The Kier molecular flexibility index (Phi) is 5.84. The number of aryl methyl sites for hydroxylation is 1. The number of piperidine rings is 1. The van der Waals surface area contributed by atoms with Gasteiger partial charge in [0.05, 0.1) is 0 Å². The number of Topliss-reactive ketones (excluding diaryl/α,β-unsaturated/α-hetero) is 1. The molecule has 1 aliphatic heterocycles. The maximum absolute atomic E-state index is 12.9. The lowest BCUT2D eigenvalue weighted by Crippen LogP contribution is -2.41. The van der Waals surface area contributed by atoms with E-state index in [2.05, 4.69) is 4.98 Å². The van der Waals surface area contributed by atoms with Gasteiger partial charge in [-0.25, -0.2) is 0 Å². The van der Waals surface area contributed by atoms with Gasteiger partial charge < -0.3 is 4.90 Å². The predicted molar refractivity (Wildman–Crippen MR) is 103 cm³/mol. The van der Waals surface area contributed by atoms with Gasteiger partial charge in [0, 0.05) is 48.1 Å². The number of benzene rings is 1. The molecule has 0 spiro atoms. The second kappa shape index (κ2) is 8.28. The van der Waals surface area contributed by atoms with Crippen LogP contribution in [0.25, 0.3) is 6.08 Å². The van der Waals surface area contributed by atoms with Gasteiger partial charge in [-0.1, -0.05) is 17.7 Å². The summed E-state index contributed by atoms with van der Waals surface area (Å²) in [6.45, 7) is 3.03. The van der Waals surface area contributed by atoms with E-state index < -0.39 is 0 Å². The lowest BCUT2D eigenvalue weighted by atomic mass is 9.88. The minimum absolute atomic E-state index is 0.0702. The summed E-state index contributed by atoms with van der Waals surface area (Å²) < 4.78 is 0. The number of pyridine rings is 1. The van der Waals surface area contributed by atoms with Gasteiger partial charge in [-0.2, -0.15) is 0 Å². The Morgan fingerprint density at radius 1 is 1.31 bits per heavy atom. The van der Waals surface area contributed by atoms with Gasteiger partial charge in [-0.05, 0) is 61.2 Å². The van der Waals surface area contributed by atoms with Crippen molar-refractivity contribution in [2.75, 3.05) is 13.1 Å². The predicted octanol–water partition coefficient (Wildman–Crippen LogP) is 4.18. The molecule has 2 heterocycles. The van der Waals surface area contributed by atoms with E-state index in [1.54, 1.807) is 47.6 Å². The number of halogens is 1. The molecule has 5 heteroatoms. The van der Waals surface area contributed by atoms with Crippen LogP contribution in [0.3, 0.4) is 0 Å². The highest BCUT2D eigenvalue weighted by Crippen LogP contribution is 2.24. The van der Waals surface area contributed by atoms with Crippen LogP contribution in [0.4, 0.5) is 0 Å². The number of hydrogen-bond acceptors (Lipinski definition) is 3. The van der Waals surface area contributed by atoms with Crippen molar-refractivity contribution in [3.63, 3.8) is 0 Å². The van der Waals surface area contributed by atoms with Crippen LogP contribution in [0.1, 0.15) is 34.3 Å². The maximum atomic E-state index is 12.9. The van der Waals surface area contributed by atoms with Crippen molar-refractivity contribution in [1.29, 1.82) is 0 Å². The van der Waals surface area contributed by atoms with E-state index in [1.165, 1.54) is 0 Å². The number of rotatable bonds is 4. The fraction of sp³-hybridized carbons (Fsp3) is 0.286. The molecule has 1 atom stereocenters. The zero-order valence-electron chi connectivity index (χ0n) is 14.7. The Hall–Kier alpha value is -2.46. The highest BCUT2D eigenvalue weighted by Gasteiger charge is 2.28. The summed E-state index contributed by atoms with van der Waals surface area (Å²) >= 11 is 5.98. The number of amides is 1. The third-order valence-electron chi connectivity index (χ3n) is 4.66. The SMILES string of the molecule is Cc1cc(Cl)ccc1C(=O)[C@H]1CCCN(C(=O)/C=C/c2cccnc2)C1. The smallest absolute Gasteiger partial charge is 0.246 e. The van der Waals surface area contributed by atoms with Crippen molar-refractivity contribution in [2.45, 2.75) is 19.8 Å². The molecule has 1 aromatic carbocycles. The van der Waals surface area contributed by atoms with Crippen molar-refractivity contribution in [3.05, 3.63) is 70.5 Å². The van der Waals surface area contributed by atoms with Gasteiger partial charge in [0.1, 0.15) is 0 Å². The average molecular weight is 369 g/mol. The first kappa shape index (κ1) is 18.3. The molecule has 0 unspecified atom stereocenters. The number of carbonyl (C=O) groups is 2. The standard InChI is InChI=1S/C21H21ClN2O2/c1-15-12-18(22)7-8-19(15)21(26)17-5-3-11-24(14-17)20(25)9-6-16-4-2-10-23-13-16/h2,4,6-10,12-13,17H,3,5,11,14H2,1H3/b9-6+/t17-/m0/s1. The van der Waals surface area contributed by atoms with Crippen LogP contribution in [0, 0.1) is 12.8 Å². The molecule has 3 rings (SSSR count). The van der Waals surface area contributed by atoms with E-state index in [9.17, 15) is 9.59 Å². The quantitative estimate of drug-likeness (QED) is 0.601. The molecule has 0 saturated carbocycles. The summed E-state index contributed by atoms with van der Waals surface area (Å²) in [4.78, 5) is 31.1. The zero-order valence-corrected chi connectivity index (χ0v) is 15.4. The summed E-state index contributed by atoms with van der Waals surface area (Å²) in [5.41, 5.74) is 2.45. The first-order valence-electron chi connectivity index (χ1n) is 8.72. The van der Waals surface area contributed by atoms with Crippen molar-refractivity contribution in [1.82, 2.24) is 9.88 Å². The first-order valence-corrected chi connectivity index (χ1v) is 9.10. The van der Waals surface area contributed by atoms with E-state index >= 15 is 0 Å². The molecule has 1 saturated heterocycles. The number of nitrogens with zero attached hydrogens (tertiary/aromatic N) is 2. The van der Waals surface area contributed by atoms with Crippen LogP contribution >= 0.6 is 11.6 Å². The Morgan fingerprint density at radius 2 is 2.15 bits per heavy atom. The molecule has 1 amide bonds. The first-order chi connectivity index (χ1) is 12.5. The summed E-state index contributed by atoms with van der Waals surface area (Å²) in [6.07, 6.45) is 8.34. The molecular formula is C21H21ClN2O2. The van der Waals surface area contributed by atoms with Crippen LogP contribution in [0.5, 0.6) is 0 Å². The number of carbonyl (C=O) groups excluding carboxylic acids is 2. The Morgan fingerprint density at radius 3 is 2.88 bits per heavy atom. The molecule has 134 valence electrons. The monoisotopic (exact) mass is 368 g/mol. The van der Waals surface area contributed by atoms with Crippen molar-refractivity contribution < 1.29 is 9.59 Å². The minimum atomic E-state index is -0.167. The second-order valence-corrected chi connectivity index (χ2v) is 7.00. The van der Waals surface area contributed by atoms with Crippen molar-refractivity contribution in [2.24, 2.45) is 5.92 Å². The van der Waals surface area contributed by atoms with E-state index in [-0.39, 0.29) is 17.6 Å². The van der Waals surface area contributed by atoms with E-state index in [1.807, 2.05) is 19.1 Å². The van der Waals surface area contributed by atoms with Gasteiger partial charge in [-0.15, -0.1) is 0 Å². The van der Waals surface area contributed by atoms with Gasteiger partial charge >= 0.3 is 0 Å². The van der Waals surface area contributed by atoms with Crippen LogP contribution in [0.2, 0.25) is 5.02 Å². The van der Waals surface area contributed by atoms with Crippen LogP contribution in [-0.2, 0) is 4.79 Å². The Labute approximate surface area is 158 Å². The largest absolute Gasteiger partial charge is 0.338 e. The molecule has 4 nitrogen and oxygen atoms in total. The molecule has 0 radical (unpaired) electrons. The number of ketones is 1. The Bertz CT molecular complexity index is 833. The fourth-order valence-corrected chi connectivity index (χ4v) is 3.49. The number of likely N-dealkylation sites (tertiary alicyclic amines) is 1. The third-order valence-corrected chi connectivity index (χ3v) is 4.90. The second-order valence-electron chi connectivity index (χ2n) is 6.57. The summed E-state index contributed by atoms with van der Waals surface area (Å²) in [7, 11) is 0. The van der Waals surface area contributed by atoms with Gasteiger partial charge in [0.25, 0.3) is 0 Å². The van der Waals surface area contributed by atoms with Crippen molar-refractivity contribution in [3.8, 4) is 0 Å².